The zero-order valence-electron chi connectivity index (χ0n) is 10.4. The van der Waals surface area contributed by atoms with Crippen molar-refractivity contribution in [3.63, 3.8) is 0 Å². The number of methoxy groups -OCH3 is 2. The van der Waals surface area contributed by atoms with Gasteiger partial charge in [-0.3, -0.25) is 0 Å². The number of benzene rings is 2. The van der Waals surface area contributed by atoms with E-state index >= 15 is 0 Å². The first-order valence-corrected chi connectivity index (χ1v) is 5.60. The first-order valence-electron chi connectivity index (χ1n) is 5.60. The number of cyclic esters (lactones) is 2. The van der Waals surface area contributed by atoms with Gasteiger partial charge in [-0.1, -0.05) is 0 Å². The predicted octanol–water partition coefficient (Wildman–Crippen LogP) is 2.17. The molecule has 0 radical (unpaired) electrons. The Balaban J connectivity index is 2.31. The Morgan fingerprint density at radius 3 is 1.58 bits per heavy atom. The van der Waals surface area contributed by atoms with Gasteiger partial charge in [0.15, 0.2) is 11.5 Å². The van der Waals surface area contributed by atoms with Gasteiger partial charge in [0.2, 0.25) is 0 Å². The van der Waals surface area contributed by atoms with Gasteiger partial charge < -0.3 is 14.2 Å². The van der Waals surface area contributed by atoms with Gasteiger partial charge in [-0.2, -0.15) is 0 Å². The Kier molecular flexibility index (Phi) is 2.41. The lowest BCUT2D eigenvalue weighted by Crippen LogP contribution is -1.96. The molecule has 0 fully saturated rings. The first-order chi connectivity index (χ1) is 9.13. The van der Waals surface area contributed by atoms with E-state index in [4.69, 9.17) is 9.47 Å². The molecule has 19 heavy (non-hydrogen) atoms. The second-order valence-corrected chi connectivity index (χ2v) is 4.13. The van der Waals surface area contributed by atoms with Crippen molar-refractivity contribution in [2.75, 3.05) is 14.2 Å². The minimum absolute atomic E-state index is 0.282. The highest BCUT2D eigenvalue weighted by molar-refractivity contribution is 6.17. The van der Waals surface area contributed by atoms with Crippen molar-refractivity contribution in [2.24, 2.45) is 0 Å². The molecule has 1 heterocycles. The maximum atomic E-state index is 11.5. The SMILES string of the molecule is COc1cc2cc3c(cc2cc1OC)C(=O)OC3=O. The summed E-state index contributed by atoms with van der Waals surface area (Å²) in [4.78, 5) is 23.0. The lowest BCUT2D eigenvalue weighted by molar-refractivity contribution is 0.0444. The second-order valence-electron chi connectivity index (χ2n) is 4.13. The summed E-state index contributed by atoms with van der Waals surface area (Å²) in [6.45, 7) is 0. The largest absolute Gasteiger partial charge is 0.493 e. The summed E-state index contributed by atoms with van der Waals surface area (Å²) >= 11 is 0. The van der Waals surface area contributed by atoms with Crippen LogP contribution in [0.1, 0.15) is 20.7 Å². The van der Waals surface area contributed by atoms with Gasteiger partial charge in [-0.25, -0.2) is 9.59 Å². The lowest BCUT2D eigenvalue weighted by atomic mass is 10.0. The second kappa shape index (κ2) is 3.98. The van der Waals surface area contributed by atoms with Gasteiger partial charge in [-0.15, -0.1) is 0 Å². The van der Waals surface area contributed by atoms with E-state index in [0.29, 0.717) is 11.5 Å². The van der Waals surface area contributed by atoms with Crippen molar-refractivity contribution in [3.05, 3.63) is 35.4 Å². The summed E-state index contributed by atoms with van der Waals surface area (Å²) in [7, 11) is 3.07. The molecule has 0 bridgehead atoms. The molecule has 0 N–H and O–H groups in total. The van der Waals surface area contributed by atoms with Crippen LogP contribution in [0.2, 0.25) is 0 Å². The predicted molar refractivity (Wildman–Crippen MR) is 66.8 cm³/mol. The van der Waals surface area contributed by atoms with Gasteiger partial charge in [-0.05, 0) is 35.0 Å². The average molecular weight is 258 g/mol. The molecule has 0 aliphatic carbocycles. The van der Waals surface area contributed by atoms with Crippen molar-refractivity contribution in [1.82, 2.24) is 0 Å². The standard InChI is InChI=1S/C14H10O5/c1-17-11-5-7-3-9-10(14(16)19-13(9)15)4-8(7)6-12(11)18-2/h3-6H,1-2H3. The van der Waals surface area contributed by atoms with Crippen LogP contribution in [0.4, 0.5) is 0 Å². The van der Waals surface area contributed by atoms with Crippen molar-refractivity contribution >= 4 is 22.7 Å². The molecule has 0 saturated carbocycles. The number of carbonyl (C=O) groups excluding carboxylic acids is 2. The summed E-state index contributed by atoms with van der Waals surface area (Å²) in [5.74, 6) is -0.103. The fourth-order valence-electron chi connectivity index (χ4n) is 2.16. The van der Waals surface area contributed by atoms with Crippen LogP contribution in [0.25, 0.3) is 10.8 Å². The number of hydrogen-bond donors (Lipinski definition) is 0. The fraction of sp³-hybridized carbons (Fsp3) is 0.143. The average Bonchev–Trinajstić information content (AvgIpc) is 2.69. The lowest BCUT2D eigenvalue weighted by Gasteiger charge is -2.09. The number of rotatable bonds is 2. The molecule has 96 valence electrons. The highest BCUT2D eigenvalue weighted by Crippen LogP contribution is 2.34. The van der Waals surface area contributed by atoms with Crippen LogP contribution in [-0.4, -0.2) is 26.2 Å². The summed E-state index contributed by atoms with van der Waals surface area (Å²) in [6.07, 6.45) is 0. The van der Waals surface area contributed by atoms with Crippen LogP contribution in [0.15, 0.2) is 24.3 Å². The number of ether oxygens (including phenoxy) is 3. The maximum absolute atomic E-state index is 11.5. The molecule has 0 unspecified atom stereocenters. The summed E-state index contributed by atoms with van der Waals surface area (Å²) < 4.78 is 15.0. The van der Waals surface area contributed by atoms with Gasteiger partial charge in [0.05, 0.1) is 25.3 Å². The van der Waals surface area contributed by atoms with Crippen molar-refractivity contribution in [2.45, 2.75) is 0 Å². The third kappa shape index (κ3) is 1.62. The molecule has 2 aromatic rings. The molecular weight excluding hydrogens is 248 g/mol. The van der Waals surface area contributed by atoms with E-state index in [1.807, 2.05) is 0 Å². The molecule has 1 aliphatic heterocycles. The summed E-state index contributed by atoms with van der Waals surface area (Å²) in [5.41, 5.74) is 0.564. The molecule has 1 aliphatic rings. The number of esters is 2. The van der Waals surface area contributed by atoms with E-state index in [9.17, 15) is 9.59 Å². The Bertz CT molecular complexity index is 657. The molecule has 5 nitrogen and oxygen atoms in total. The Hall–Kier alpha value is -2.56. The molecule has 5 heteroatoms. The normalized spacial score (nSPS) is 13.4. The van der Waals surface area contributed by atoms with E-state index in [1.165, 1.54) is 14.2 Å². The molecule has 0 amide bonds. The first kappa shape index (κ1) is 11.5. The zero-order valence-corrected chi connectivity index (χ0v) is 10.4. The highest BCUT2D eigenvalue weighted by atomic mass is 16.6. The van der Waals surface area contributed by atoms with E-state index in [0.717, 1.165) is 10.8 Å². The fourth-order valence-corrected chi connectivity index (χ4v) is 2.16. The molecule has 2 aromatic carbocycles. The minimum Gasteiger partial charge on any atom is -0.493 e. The minimum atomic E-state index is -0.614. The van der Waals surface area contributed by atoms with Crippen molar-refractivity contribution in [1.29, 1.82) is 0 Å². The van der Waals surface area contributed by atoms with Crippen LogP contribution in [0.3, 0.4) is 0 Å². The van der Waals surface area contributed by atoms with Gasteiger partial charge >= 0.3 is 11.9 Å². The Morgan fingerprint density at radius 1 is 0.789 bits per heavy atom. The van der Waals surface area contributed by atoms with E-state index in [1.54, 1.807) is 24.3 Å². The zero-order chi connectivity index (χ0) is 13.6. The summed E-state index contributed by atoms with van der Waals surface area (Å²) in [6, 6.07) is 6.76. The van der Waals surface area contributed by atoms with E-state index in [2.05, 4.69) is 4.74 Å². The molecule has 0 spiro atoms. The number of hydrogen-bond acceptors (Lipinski definition) is 5. The van der Waals surface area contributed by atoms with Gasteiger partial charge in [0, 0.05) is 0 Å². The molecule has 3 rings (SSSR count). The van der Waals surface area contributed by atoms with Crippen LogP contribution < -0.4 is 9.47 Å². The van der Waals surface area contributed by atoms with Gasteiger partial charge in [0.25, 0.3) is 0 Å². The topological polar surface area (TPSA) is 61.8 Å². The molecule has 0 aromatic heterocycles. The third-order valence-electron chi connectivity index (χ3n) is 3.10. The smallest absolute Gasteiger partial charge is 0.346 e. The van der Waals surface area contributed by atoms with Crippen LogP contribution in [0.5, 0.6) is 11.5 Å². The van der Waals surface area contributed by atoms with Gasteiger partial charge in [0.1, 0.15) is 0 Å². The number of fused-ring (bicyclic) bond motifs is 2. The van der Waals surface area contributed by atoms with Crippen LogP contribution >= 0.6 is 0 Å². The van der Waals surface area contributed by atoms with E-state index < -0.39 is 11.9 Å². The third-order valence-corrected chi connectivity index (χ3v) is 3.10. The van der Waals surface area contributed by atoms with Crippen LogP contribution in [-0.2, 0) is 4.74 Å². The Morgan fingerprint density at radius 2 is 1.21 bits per heavy atom. The Labute approximate surface area is 108 Å². The van der Waals surface area contributed by atoms with Crippen molar-refractivity contribution < 1.29 is 23.8 Å². The molecule has 0 saturated heterocycles. The highest BCUT2D eigenvalue weighted by Gasteiger charge is 2.30. The quantitative estimate of drug-likeness (QED) is 0.610. The summed E-state index contributed by atoms with van der Waals surface area (Å²) in [5, 5.41) is 1.56. The number of carbonyl (C=O) groups is 2. The molecule has 0 atom stereocenters. The van der Waals surface area contributed by atoms with Crippen molar-refractivity contribution in [3.8, 4) is 11.5 Å². The molecular formula is C14H10O5. The van der Waals surface area contributed by atoms with Crippen LogP contribution in [0, 0.1) is 0 Å². The van der Waals surface area contributed by atoms with E-state index in [-0.39, 0.29) is 11.1 Å². The monoisotopic (exact) mass is 258 g/mol. The maximum Gasteiger partial charge on any atom is 0.346 e.